The predicted octanol–water partition coefficient (Wildman–Crippen LogP) is 0.363. The summed E-state index contributed by atoms with van der Waals surface area (Å²) in [7, 11) is 0. The van der Waals surface area contributed by atoms with Crippen LogP contribution in [0.1, 0.15) is 10.5 Å². The second-order valence-electron chi connectivity index (χ2n) is 3.34. The van der Waals surface area contributed by atoms with Crippen molar-refractivity contribution in [3.8, 4) is 0 Å². The molecule has 0 aliphatic carbocycles. The number of alkyl halides is 2. The Bertz CT molecular complexity index is 388. The zero-order chi connectivity index (χ0) is 12.8. The van der Waals surface area contributed by atoms with E-state index in [2.05, 4.69) is 4.98 Å². The second kappa shape index (κ2) is 6.09. The van der Waals surface area contributed by atoms with Crippen LogP contribution in [0.5, 0.6) is 0 Å². The third kappa shape index (κ3) is 3.95. The highest BCUT2D eigenvalue weighted by Gasteiger charge is 2.20. The van der Waals surface area contributed by atoms with Crippen LogP contribution in [-0.2, 0) is 0 Å². The van der Waals surface area contributed by atoms with E-state index in [1.54, 1.807) is 0 Å². The van der Waals surface area contributed by atoms with Gasteiger partial charge < -0.3 is 15.7 Å². The fourth-order valence-corrected chi connectivity index (χ4v) is 1.29. The molecule has 1 aromatic rings. The monoisotopic (exact) mass is 245 g/mol. The van der Waals surface area contributed by atoms with Crippen molar-refractivity contribution in [1.29, 1.82) is 0 Å². The Labute approximate surface area is 96.9 Å². The first-order valence-corrected chi connectivity index (χ1v) is 4.94. The molecule has 0 aromatic carbocycles. The Morgan fingerprint density at radius 1 is 1.59 bits per heavy atom. The Morgan fingerprint density at radius 3 is 2.82 bits per heavy atom. The van der Waals surface area contributed by atoms with Gasteiger partial charge in [-0.15, -0.1) is 0 Å². The molecule has 0 bridgehead atoms. The molecule has 17 heavy (non-hydrogen) atoms. The lowest BCUT2D eigenvalue weighted by atomic mass is 10.3. The minimum atomic E-state index is -2.66. The molecule has 0 radical (unpaired) electrons. The highest BCUT2D eigenvalue weighted by molar-refractivity contribution is 5.93. The lowest BCUT2D eigenvalue weighted by molar-refractivity contribution is 0.0504. The van der Waals surface area contributed by atoms with Gasteiger partial charge in [-0.1, -0.05) is 0 Å². The first kappa shape index (κ1) is 13.3. The van der Waals surface area contributed by atoms with Gasteiger partial charge in [-0.3, -0.25) is 9.78 Å². The molecule has 0 unspecified atom stereocenters. The highest BCUT2D eigenvalue weighted by Crippen LogP contribution is 2.08. The number of nitrogen functional groups attached to an aromatic ring is 1. The summed E-state index contributed by atoms with van der Waals surface area (Å²) in [5, 5.41) is 8.72. The average molecular weight is 245 g/mol. The number of hydrogen-bond donors (Lipinski definition) is 2. The van der Waals surface area contributed by atoms with Crippen molar-refractivity contribution < 1.29 is 18.7 Å². The minimum absolute atomic E-state index is 0.0147. The van der Waals surface area contributed by atoms with Gasteiger partial charge in [-0.2, -0.15) is 0 Å². The summed E-state index contributed by atoms with van der Waals surface area (Å²) in [6.45, 7) is -1.30. The number of carbonyl (C=O) groups is 1. The maximum atomic E-state index is 12.2. The van der Waals surface area contributed by atoms with E-state index in [4.69, 9.17) is 10.8 Å². The quantitative estimate of drug-likeness (QED) is 0.785. The SMILES string of the molecule is Nc1ccnc(C(=O)N(CCO)CC(F)F)c1. The fourth-order valence-electron chi connectivity index (χ4n) is 1.29. The summed E-state index contributed by atoms with van der Waals surface area (Å²) < 4.78 is 24.5. The molecule has 0 aliphatic heterocycles. The van der Waals surface area contributed by atoms with Crippen molar-refractivity contribution in [1.82, 2.24) is 9.88 Å². The van der Waals surface area contributed by atoms with Gasteiger partial charge in [-0.05, 0) is 12.1 Å². The number of aliphatic hydroxyl groups excluding tert-OH is 1. The summed E-state index contributed by atoms with van der Waals surface area (Å²) in [5.74, 6) is -0.674. The second-order valence-corrected chi connectivity index (χ2v) is 3.34. The lowest BCUT2D eigenvalue weighted by Crippen LogP contribution is -2.37. The first-order valence-electron chi connectivity index (χ1n) is 4.94. The van der Waals surface area contributed by atoms with Crippen LogP contribution < -0.4 is 5.73 Å². The van der Waals surface area contributed by atoms with Crippen molar-refractivity contribution in [3.05, 3.63) is 24.0 Å². The van der Waals surface area contributed by atoms with Crippen LogP contribution in [0.3, 0.4) is 0 Å². The van der Waals surface area contributed by atoms with Crippen LogP contribution in [0, 0.1) is 0 Å². The molecule has 3 N–H and O–H groups in total. The van der Waals surface area contributed by atoms with Gasteiger partial charge in [0.2, 0.25) is 0 Å². The molecule has 0 saturated carbocycles. The zero-order valence-electron chi connectivity index (χ0n) is 9.01. The van der Waals surface area contributed by atoms with Crippen LogP contribution in [0.15, 0.2) is 18.3 Å². The molecule has 1 heterocycles. The molecule has 1 aromatic heterocycles. The van der Waals surface area contributed by atoms with Crippen molar-refractivity contribution >= 4 is 11.6 Å². The van der Waals surface area contributed by atoms with Crippen LogP contribution in [-0.4, -0.2) is 47.0 Å². The Balaban J connectivity index is 2.83. The summed E-state index contributed by atoms with van der Waals surface area (Å²) in [5.41, 5.74) is 5.77. The molecule has 7 heteroatoms. The topological polar surface area (TPSA) is 79.5 Å². The molecule has 0 spiro atoms. The number of aliphatic hydroxyl groups is 1. The molecule has 0 saturated heterocycles. The number of halogens is 2. The number of amides is 1. The molecular formula is C10H13F2N3O2. The zero-order valence-corrected chi connectivity index (χ0v) is 9.01. The molecule has 1 rings (SSSR count). The fraction of sp³-hybridized carbons (Fsp3) is 0.400. The smallest absolute Gasteiger partial charge is 0.272 e. The first-order chi connectivity index (χ1) is 8.04. The Morgan fingerprint density at radius 2 is 2.29 bits per heavy atom. The highest BCUT2D eigenvalue weighted by atomic mass is 19.3. The van der Waals surface area contributed by atoms with Gasteiger partial charge in [0, 0.05) is 18.4 Å². The lowest BCUT2D eigenvalue weighted by Gasteiger charge is -2.20. The van der Waals surface area contributed by atoms with Crippen molar-refractivity contribution in [2.45, 2.75) is 6.43 Å². The van der Waals surface area contributed by atoms with Gasteiger partial charge in [0.05, 0.1) is 13.2 Å². The van der Waals surface area contributed by atoms with Crippen molar-refractivity contribution in [2.75, 3.05) is 25.4 Å². The largest absolute Gasteiger partial charge is 0.399 e. The number of anilines is 1. The number of nitrogens with zero attached hydrogens (tertiary/aromatic N) is 2. The molecule has 94 valence electrons. The van der Waals surface area contributed by atoms with E-state index in [0.717, 1.165) is 4.90 Å². The molecule has 0 aliphatic rings. The van der Waals surface area contributed by atoms with Crippen molar-refractivity contribution in [2.24, 2.45) is 0 Å². The third-order valence-electron chi connectivity index (χ3n) is 2.02. The minimum Gasteiger partial charge on any atom is -0.399 e. The van der Waals surface area contributed by atoms with Crippen molar-refractivity contribution in [3.63, 3.8) is 0 Å². The summed E-state index contributed by atoms with van der Waals surface area (Å²) >= 11 is 0. The van der Waals surface area contributed by atoms with Gasteiger partial charge in [0.1, 0.15) is 5.69 Å². The normalized spacial score (nSPS) is 10.6. The Kier molecular flexibility index (Phi) is 4.77. The van der Waals surface area contributed by atoms with Gasteiger partial charge in [0.15, 0.2) is 0 Å². The van der Waals surface area contributed by atoms with Crippen LogP contribution in [0.2, 0.25) is 0 Å². The molecule has 1 amide bonds. The van der Waals surface area contributed by atoms with E-state index in [-0.39, 0.29) is 18.8 Å². The van der Waals surface area contributed by atoms with Gasteiger partial charge in [0.25, 0.3) is 12.3 Å². The number of carbonyl (C=O) groups excluding carboxylic acids is 1. The summed E-state index contributed by atoms with van der Waals surface area (Å²) in [4.78, 5) is 16.4. The number of aromatic nitrogens is 1. The third-order valence-corrected chi connectivity index (χ3v) is 2.02. The van der Waals surface area contributed by atoms with E-state index >= 15 is 0 Å². The maximum absolute atomic E-state index is 12.2. The number of rotatable bonds is 5. The molecule has 0 atom stereocenters. The predicted molar refractivity (Wildman–Crippen MR) is 57.6 cm³/mol. The van der Waals surface area contributed by atoms with Crippen LogP contribution >= 0.6 is 0 Å². The van der Waals surface area contributed by atoms with Crippen LogP contribution in [0.25, 0.3) is 0 Å². The number of pyridine rings is 1. The van der Waals surface area contributed by atoms with Crippen LogP contribution in [0.4, 0.5) is 14.5 Å². The average Bonchev–Trinajstić information content (AvgIpc) is 2.27. The van der Waals surface area contributed by atoms with Gasteiger partial charge >= 0.3 is 0 Å². The summed E-state index contributed by atoms with van der Waals surface area (Å²) in [6, 6.07) is 2.79. The Hall–Kier alpha value is -1.76. The van der Waals surface area contributed by atoms with E-state index in [9.17, 15) is 13.6 Å². The van der Waals surface area contributed by atoms with E-state index in [1.165, 1.54) is 18.3 Å². The van der Waals surface area contributed by atoms with E-state index < -0.39 is 18.9 Å². The molecule has 5 nitrogen and oxygen atoms in total. The van der Waals surface area contributed by atoms with E-state index in [1.807, 2.05) is 0 Å². The molecule has 0 fully saturated rings. The molecular weight excluding hydrogens is 232 g/mol. The number of nitrogens with two attached hydrogens (primary N) is 1. The summed E-state index contributed by atoms with van der Waals surface area (Å²) in [6.07, 6.45) is -1.34. The maximum Gasteiger partial charge on any atom is 0.272 e. The van der Waals surface area contributed by atoms with E-state index in [0.29, 0.717) is 5.69 Å². The van der Waals surface area contributed by atoms with Gasteiger partial charge in [-0.25, -0.2) is 8.78 Å². The number of hydrogen-bond acceptors (Lipinski definition) is 4. The standard InChI is InChI=1S/C10H13F2N3O2/c11-9(12)6-15(3-4-16)10(17)8-5-7(13)1-2-14-8/h1-2,5,9,16H,3-4,6H2,(H2,13,14).